The van der Waals surface area contributed by atoms with Crippen LogP contribution in [0.15, 0.2) is 85.5 Å². The van der Waals surface area contributed by atoms with Gasteiger partial charge in [-0.1, -0.05) is 37.4 Å². The first-order valence-electron chi connectivity index (χ1n) is 11.4. The number of carbonyl (C=O) groups is 4. The molecule has 10 nitrogen and oxygen atoms in total. The zero-order valence-electron chi connectivity index (χ0n) is 20.2. The number of methoxy groups -OCH3 is 1. The number of carbonyl (C=O) groups excluding carboxylic acids is 4. The van der Waals surface area contributed by atoms with Crippen LogP contribution in [-0.2, 0) is 27.4 Å². The van der Waals surface area contributed by atoms with E-state index in [9.17, 15) is 19.2 Å². The van der Waals surface area contributed by atoms with Crippen LogP contribution in [0.4, 0.5) is 0 Å². The smallest absolute Gasteiger partial charge is 0.353 e. The fraction of sp³-hybridized carbons (Fsp3) is 0.148. The number of rotatable bonds is 9. The van der Waals surface area contributed by atoms with E-state index in [1.807, 2.05) is 30.5 Å². The number of nitrogens with zero attached hydrogens (tertiary/aromatic N) is 3. The van der Waals surface area contributed by atoms with Gasteiger partial charge in [-0.3, -0.25) is 24.0 Å². The van der Waals surface area contributed by atoms with E-state index >= 15 is 0 Å². The lowest BCUT2D eigenvalue weighted by molar-refractivity contribution is -0.137. The molecule has 37 heavy (non-hydrogen) atoms. The molecule has 1 aromatic heterocycles. The third kappa shape index (κ3) is 5.32. The molecule has 0 fully saturated rings. The number of ether oxygens (including phenoxy) is 1. The number of amides is 3. The second kappa shape index (κ2) is 10.7. The van der Waals surface area contributed by atoms with Gasteiger partial charge in [0.05, 0.1) is 20.2 Å². The van der Waals surface area contributed by atoms with Gasteiger partial charge >= 0.3 is 5.97 Å². The number of nitrogens with one attached hydrogen (secondary N) is 2. The first-order valence-corrected chi connectivity index (χ1v) is 11.4. The molecule has 0 saturated heterocycles. The molecular weight excluding hydrogens is 474 g/mol. The van der Waals surface area contributed by atoms with Gasteiger partial charge in [-0.05, 0) is 41.0 Å². The molecule has 188 valence electrons. The first kappa shape index (κ1) is 25.1. The maximum absolute atomic E-state index is 13.0. The molecule has 0 spiro atoms. The highest BCUT2D eigenvalue weighted by molar-refractivity contribution is 6.08. The van der Waals surface area contributed by atoms with Crippen molar-refractivity contribution in [2.24, 2.45) is 0 Å². The molecule has 0 aliphatic carbocycles. The third-order valence-corrected chi connectivity index (χ3v) is 5.90. The highest BCUT2D eigenvalue weighted by atomic mass is 16.5. The van der Waals surface area contributed by atoms with Crippen molar-refractivity contribution in [3.63, 3.8) is 0 Å². The Hall–Kier alpha value is -4.99. The topological polar surface area (TPSA) is 123 Å². The average molecular weight is 500 g/mol. The molecule has 2 N–H and O–H groups in total. The van der Waals surface area contributed by atoms with E-state index in [1.165, 1.54) is 12.0 Å². The summed E-state index contributed by atoms with van der Waals surface area (Å²) in [5.41, 5.74) is 2.90. The summed E-state index contributed by atoms with van der Waals surface area (Å²) in [4.78, 5) is 50.9. The SMILES string of the molecule is C=C(NC(=O)C(=C)N1Cc2c(cccc2-c2ccc(C(=O)NCCn3cccn3)cc2)C1=O)C(=O)OC. The van der Waals surface area contributed by atoms with Gasteiger partial charge < -0.3 is 15.4 Å². The summed E-state index contributed by atoms with van der Waals surface area (Å²) in [6.45, 7) is 8.31. The molecule has 0 atom stereocenters. The summed E-state index contributed by atoms with van der Waals surface area (Å²) in [6, 6.07) is 14.2. The van der Waals surface area contributed by atoms with Gasteiger partial charge in [0.2, 0.25) is 0 Å². The fourth-order valence-corrected chi connectivity index (χ4v) is 3.95. The summed E-state index contributed by atoms with van der Waals surface area (Å²) in [6.07, 6.45) is 3.51. The van der Waals surface area contributed by atoms with Crippen molar-refractivity contribution in [3.05, 3.63) is 102 Å². The van der Waals surface area contributed by atoms with Gasteiger partial charge in [0, 0.05) is 30.1 Å². The Bertz CT molecular complexity index is 1390. The number of fused-ring (bicyclic) bond motifs is 1. The summed E-state index contributed by atoms with van der Waals surface area (Å²) in [5, 5.41) is 9.26. The summed E-state index contributed by atoms with van der Waals surface area (Å²) in [5.74, 6) is -2.11. The molecule has 0 unspecified atom stereocenters. The minimum atomic E-state index is -0.797. The van der Waals surface area contributed by atoms with E-state index in [2.05, 4.69) is 33.6 Å². The Labute approximate surface area is 213 Å². The Kier molecular flexibility index (Phi) is 7.28. The summed E-state index contributed by atoms with van der Waals surface area (Å²) < 4.78 is 6.25. The van der Waals surface area contributed by atoms with Crippen LogP contribution >= 0.6 is 0 Å². The lowest BCUT2D eigenvalue weighted by Gasteiger charge is -2.18. The molecule has 0 radical (unpaired) electrons. The van der Waals surface area contributed by atoms with Crippen molar-refractivity contribution in [1.29, 1.82) is 0 Å². The second-order valence-electron chi connectivity index (χ2n) is 8.20. The van der Waals surface area contributed by atoms with Gasteiger partial charge in [0.1, 0.15) is 11.4 Å². The molecule has 1 aliphatic heterocycles. The molecule has 10 heteroatoms. The third-order valence-electron chi connectivity index (χ3n) is 5.90. The monoisotopic (exact) mass is 499 g/mol. The summed E-state index contributed by atoms with van der Waals surface area (Å²) >= 11 is 0. The van der Waals surface area contributed by atoms with Crippen LogP contribution < -0.4 is 10.6 Å². The van der Waals surface area contributed by atoms with E-state index in [0.717, 1.165) is 16.7 Å². The number of aromatic nitrogens is 2. The largest absolute Gasteiger partial charge is 0.464 e. The molecule has 0 bridgehead atoms. The zero-order valence-corrected chi connectivity index (χ0v) is 20.2. The Morgan fingerprint density at radius 3 is 2.46 bits per heavy atom. The van der Waals surface area contributed by atoms with Crippen molar-refractivity contribution >= 4 is 23.7 Å². The van der Waals surface area contributed by atoms with Crippen LogP contribution in [0.2, 0.25) is 0 Å². The number of esters is 1. The van der Waals surface area contributed by atoms with Crippen molar-refractivity contribution in [2.45, 2.75) is 13.1 Å². The van der Waals surface area contributed by atoms with Gasteiger partial charge in [0.15, 0.2) is 0 Å². The van der Waals surface area contributed by atoms with Crippen LogP contribution in [-0.4, -0.2) is 52.0 Å². The van der Waals surface area contributed by atoms with Gasteiger partial charge in [0.25, 0.3) is 17.7 Å². The van der Waals surface area contributed by atoms with Crippen molar-refractivity contribution < 1.29 is 23.9 Å². The average Bonchev–Trinajstić information content (AvgIpc) is 3.55. The molecule has 1 aliphatic rings. The standard InChI is InChI=1S/C27H25N5O5/c1-17(27(36)37-3)30-24(33)18(2)32-16-23-21(6-4-7-22(23)26(32)35)19-8-10-20(11-9-19)25(34)28-13-15-31-14-5-12-29-31/h4-12,14H,1-2,13,15-16H2,3H3,(H,28,34)(H,30,33). The van der Waals surface area contributed by atoms with Crippen LogP contribution in [0.5, 0.6) is 0 Å². The van der Waals surface area contributed by atoms with Crippen LogP contribution in [0.25, 0.3) is 11.1 Å². The van der Waals surface area contributed by atoms with Gasteiger partial charge in [-0.25, -0.2) is 4.79 Å². The quantitative estimate of drug-likeness (QED) is 0.344. The highest BCUT2D eigenvalue weighted by Gasteiger charge is 2.33. The lowest BCUT2D eigenvalue weighted by Crippen LogP contribution is -2.36. The number of hydrogen-bond donors (Lipinski definition) is 2. The van der Waals surface area contributed by atoms with Gasteiger partial charge in [-0.15, -0.1) is 0 Å². The normalized spacial score (nSPS) is 12.0. The van der Waals surface area contributed by atoms with Crippen molar-refractivity contribution in [1.82, 2.24) is 25.3 Å². The molecule has 3 aromatic rings. The van der Waals surface area contributed by atoms with Gasteiger partial charge in [-0.2, -0.15) is 5.10 Å². The van der Waals surface area contributed by atoms with Crippen LogP contribution in [0.3, 0.4) is 0 Å². The van der Waals surface area contributed by atoms with E-state index < -0.39 is 11.9 Å². The van der Waals surface area contributed by atoms with Crippen molar-refractivity contribution in [2.75, 3.05) is 13.7 Å². The zero-order chi connectivity index (χ0) is 26.5. The molecule has 3 amide bonds. The first-order chi connectivity index (χ1) is 17.8. The summed E-state index contributed by atoms with van der Waals surface area (Å²) in [7, 11) is 1.17. The lowest BCUT2D eigenvalue weighted by atomic mass is 9.96. The molecule has 2 aromatic carbocycles. The Balaban J connectivity index is 1.45. The van der Waals surface area contributed by atoms with Crippen LogP contribution in [0.1, 0.15) is 26.3 Å². The fourth-order valence-electron chi connectivity index (χ4n) is 3.95. The van der Waals surface area contributed by atoms with Crippen LogP contribution in [0, 0.1) is 0 Å². The highest BCUT2D eigenvalue weighted by Crippen LogP contribution is 2.34. The molecular formula is C27H25N5O5. The Morgan fingerprint density at radius 1 is 1.05 bits per heavy atom. The number of benzene rings is 2. The van der Waals surface area contributed by atoms with Crippen molar-refractivity contribution in [3.8, 4) is 11.1 Å². The van der Waals surface area contributed by atoms with E-state index in [0.29, 0.717) is 24.2 Å². The Morgan fingerprint density at radius 2 is 1.78 bits per heavy atom. The maximum Gasteiger partial charge on any atom is 0.353 e. The predicted molar refractivity (Wildman–Crippen MR) is 135 cm³/mol. The maximum atomic E-state index is 13.0. The molecule has 0 saturated carbocycles. The van der Waals surface area contributed by atoms with E-state index in [1.54, 1.807) is 35.1 Å². The molecule has 4 rings (SSSR count). The minimum Gasteiger partial charge on any atom is -0.464 e. The molecule has 2 heterocycles. The minimum absolute atomic E-state index is 0.122. The predicted octanol–water partition coefficient (Wildman–Crippen LogP) is 2.25. The second-order valence-corrected chi connectivity index (χ2v) is 8.20. The van der Waals surface area contributed by atoms with E-state index in [-0.39, 0.29) is 29.8 Å². The van der Waals surface area contributed by atoms with E-state index in [4.69, 9.17) is 0 Å². The number of hydrogen-bond acceptors (Lipinski definition) is 6.